The standard InChI is InChI=1S/C23H21N5O/c1-27-14-18(15-27)24-23(29)20-13-22-25-19(16-8-4-2-5-9-16)12-21(28(22)26-20)17-10-6-3-7-11-17/h2-13,18H,14-15H2,1H3,(H,24,29). The highest BCUT2D eigenvalue weighted by Gasteiger charge is 2.26. The lowest BCUT2D eigenvalue weighted by atomic mass is 10.1. The summed E-state index contributed by atoms with van der Waals surface area (Å²) in [5, 5.41) is 7.63. The van der Waals surface area contributed by atoms with Gasteiger partial charge in [0.25, 0.3) is 5.91 Å². The van der Waals surface area contributed by atoms with E-state index in [9.17, 15) is 4.79 Å². The van der Waals surface area contributed by atoms with E-state index < -0.39 is 0 Å². The fraction of sp³-hybridized carbons (Fsp3) is 0.174. The third kappa shape index (κ3) is 3.39. The van der Waals surface area contributed by atoms with E-state index in [1.165, 1.54) is 0 Å². The minimum atomic E-state index is -0.158. The summed E-state index contributed by atoms with van der Waals surface area (Å²) in [6.45, 7) is 1.73. The van der Waals surface area contributed by atoms with E-state index in [-0.39, 0.29) is 11.9 Å². The fourth-order valence-electron chi connectivity index (χ4n) is 3.71. The smallest absolute Gasteiger partial charge is 0.272 e. The minimum absolute atomic E-state index is 0.158. The number of benzene rings is 2. The summed E-state index contributed by atoms with van der Waals surface area (Å²) in [4.78, 5) is 19.6. The van der Waals surface area contributed by atoms with E-state index in [1.807, 2.05) is 73.8 Å². The number of hydrogen-bond acceptors (Lipinski definition) is 4. The lowest BCUT2D eigenvalue weighted by molar-refractivity contribution is 0.0852. The number of carbonyl (C=O) groups excluding carboxylic acids is 1. The van der Waals surface area contributed by atoms with Gasteiger partial charge in [0.05, 0.1) is 17.4 Å². The number of nitrogens with zero attached hydrogens (tertiary/aromatic N) is 4. The van der Waals surface area contributed by atoms with Crippen molar-refractivity contribution in [3.05, 3.63) is 78.5 Å². The quantitative estimate of drug-likeness (QED) is 0.588. The van der Waals surface area contributed by atoms with Gasteiger partial charge in [-0.25, -0.2) is 9.50 Å². The van der Waals surface area contributed by atoms with Gasteiger partial charge >= 0.3 is 0 Å². The van der Waals surface area contributed by atoms with Gasteiger partial charge in [0.1, 0.15) is 0 Å². The molecule has 1 saturated heterocycles. The highest BCUT2D eigenvalue weighted by atomic mass is 16.2. The van der Waals surface area contributed by atoms with Gasteiger partial charge in [-0.3, -0.25) is 4.79 Å². The molecule has 0 atom stereocenters. The molecule has 144 valence electrons. The molecule has 0 saturated carbocycles. The molecule has 1 amide bonds. The minimum Gasteiger partial charge on any atom is -0.345 e. The van der Waals surface area contributed by atoms with Crippen molar-refractivity contribution in [2.75, 3.05) is 20.1 Å². The van der Waals surface area contributed by atoms with Gasteiger partial charge in [-0.05, 0) is 13.1 Å². The first-order valence-electron chi connectivity index (χ1n) is 9.68. The number of hydrogen-bond donors (Lipinski definition) is 1. The Balaban J connectivity index is 1.60. The van der Waals surface area contributed by atoms with Gasteiger partial charge in [-0.1, -0.05) is 60.7 Å². The molecule has 1 N–H and O–H groups in total. The first-order chi connectivity index (χ1) is 14.2. The van der Waals surface area contributed by atoms with Gasteiger partial charge in [0.15, 0.2) is 11.3 Å². The van der Waals surface area contributed by atoms with Crippen molar-refractivity contribution in [2.45, 2.75) is 6.04 Å². The third-order valence-corrected chi connectivity index (χ3v) is 5.20. The molecule has 2 aromatic carbocycles. The van der Waals surface area contributed by atoms with E-state index in [0.717, 1.165) is 35.6 Å². The molecule has 6 heteroatoms. The van der Waals surface area contributed by atoms with E-state index >= 15 is 0 Å². The van der Waals surface area contributed by atoms with Crippen LogP contribution in [0, 0.1) is 0 Å². The number of aromatic nitrogens is 3. The Morgan fingerprint density at radius 3 is 2.28 bits per heavy atom. The Labute approximate surface area is 168 Å². The van der Waals surface area contributed by atoms with Crippen LogP contribution >= 0.6 is 0 Å². The van der Waals surface area contributed by atoms with Crippen molar-refractivity contribution in [3.8, 4) is 22.5 Å². The maximum atomic E-state index is 12.7. The van der Waals surface area contributed by atoms with Crippen LogP contribution in [-0.4, -0.2) is 51.6 Å². The average Bonchev–Trinajstić information content (AvgIpc) is 3.17. The summed E-state index contributed by atoms with van der Waals surface area (Å²) in [5.74, 6) is -0.158. The molecule has 2 aromatic heterocycles. The maximum absolute atomic E-state index is 12.7. The van der Waals surface area contributed by atoms with Crippen LogP contribution in [0.5, 0.6) is 0 Å². The number of likely N-dealkylation sites (tertiary alicyclic amines) is 1. The topological polar surface area (TPSA) is 62.5 Å². The zero-order valence-electron chi connectivity index (χ0n) is 16.1. The van der Waals surface area contributed by atoms with Crippen LogP contribution in [0.3, 0.4) is 0 Å². The van der Waals surface area contributed by atoms with E-state index in [1.54, 1.807) is 10.6 Å². The lowest BCUT2D eigenvalue weighted by Crippen LogP contribution is -2.57. The van der Waals surface area contributed by atoms with Crippen molar-refractivity contribution in [1.29, 1.82) is 0 Å². The zero-order valence-corrected chi connectivity index (χ0v) is 16.1. The molecule has 1 aliphatic heterocycles. The first kappa shape index (κ1) is 17.6. The van der Waals surface area contributed by atoms with Crippen molar-refractivity contribution in [3.63, 3.8) is 0 Å². The third-order valence-electron chi connectivity index (χ3n) is 5.20. The van der Waals surface area contributed by atoms with Crippen LogP contribution < -0.4 is 5.32 Å². The van der Waals surface area contributed by atoms with Crippen LogP contribution in [-0.2, 0) is 0 Å². The Morgan fingerprint density at radius 2 is 1.62 bits per heavy atom. The van der Waals surface area contributed by atoms with Crippen molar-refractivity contribution < 1.29 is 4.79 Å². The second-order valence-corrected chi connectivity index (χ2v) is 7.45. The Bertz CT molecular complexity index is 1160. The largest absolute Gasteiger partial charge is 0.345 e. The zero-order chi connectivity index (χ0) is 19.8. The average molecular weight is 383 g/mol. The molecule has 0 aliphatic carbocycles. The second kappa shape index (κ2) is 7.14. The number of rotatable bonds is 4. The monoisotopic (exact) mass is 383 g/mol. The number of nitrogens with one attached hydrogen (secondary N) is 1. The Kier molecular flexibility index (Phi) is 4.33. The molecule has 0 radical (unpaired) electrons. The van der Waals surface area contributed by atoms with Gasteiger partial charge in [-0.2, -0.15) is 5.10 Å². The van der Waals surface area contributed by atoms with Gasteiger partial charge in [-0.15, -0.1) is 0 Å². The molecular formula is C23H21N5O. The summed E-state index contributed by atoms with van der Waals surface area (Å²) in [6.07, 6.45) is 0. The summed E-state index contributed by atoms with van der Waals surface area (Å²) in [7, 11) is 2.04. The molecule has 0 bridgehead atoms. The summed E-state index contributed by atoms with van der Waals surface area (Å²) >= 11 is 0. The molecule has 1 aliphatic rings. The maximum Gasteiger partial charge on any atom is 0.272 e. The molecular weight excluding hydrogens is 362 g/mol. The fourth-order valence-corrected chi connectivity index (χ4v) is 3.71. The molecule has 0 unspecified atom stereocenters. The van der Waals surface area contributed by atoms with Gasteiger partial charge in [0.2, 0.25) is 0 Å². The van der Waals surface area contributed by atoms with Crippen LogP contribution in [0.25, 0.3) is 28.2 Å². The van der Waals surface area contributed by atoms with Crippen molar-refractivity contribution in [2.24, 2.45) is 0 Å². The predicted molar refractivity (Wildman–Crippen MR) is 113 cm³/mol. The van der Waals surface area contributed by atoms with E-state index in [4.69, 9.17) is 4.98 Å². The highest BCUT2D eigenvalue weighted by Crippen LogP contribution is 2.26. The molecule has 6 nitrogen and oxygen atoms in total. The number of amides is 1. The van der Waals surface area contributed by atoms with Crippen molar-refractivity contribution >= 4 is 11.6 Å². The highest BCUT2D eigenvalue weighted by molar-refractivity contribution is 5.94. The summed E-state index contributed by atoms with van der Waals surface area (Å²) in [5.41, 5.74) is 4.83. The van der Waals surface area contributed by atoms with Crippen molar-refractivity contribution in [1.82, 2.24) is 24.8 Å². The van der Waals surface area contributed by atoms with Gasteiger partial charge in [0, 0.05) is 30.3 Å². The van der Waals surface area contributed by atoms with Gasteiger partial charge < -0.3 is 10.2 Å². The number of carbonyl (C=O) groups is 1. The van der Waals surface area contributed by atoms with Crippen LogP contribution in [0.4, 0.5) is 0 Å². The Hall–Kier alpha value is -3.51. The van der Waals surface area contributed by atoms with Crippen LogP contribution in [0.1, 0.15) is 10.5 Å². The summed E-state index contributed by atoms with van der Waals surface area (Å²) in [6, 6.07) is 24.0. The number of likely N-dealkylation sites (N-methyl/N-ethyl adjacent to an activating group) is 1. The second-order valence-electron chi connectivity index (χ2n) is 7.45. The lowest BCUT2D eigenvalue weighted by Gasteiger charge is -2.36. The SMILES string of the molecule is CN1CC(NC(=O)c2cc3nc(-c4ccccc4)cc(-c4ccccc4)n3n2)C1. The normalized spacial score (nSPS) is 14.7. The summed E-state index contributed by atoms with van der Waals surface area (Å²) < 4.78 is 1.75. The molecule has 4 aromatic rings. The van der Waals surface area contributed by atoms with E-state index in [0.29, 0.717) is 11.3 Å². The molecule has 5 rings (SSSR count). The molecule has 3 heterocycles. The van der Waals surface area contributed by atoms with E-state index in [2.05, 4.69) is 15.3 Å². The first-order valence-corrected chi connectivity index (χ1v) is 9.68. The Morgan fingerprint density at radius 1 is 0.966 bits per heavy atom. The molecule has 29 heavy (non-hydrogen) atoms. The van der Waals surface area contributed by atoms with Crippen LogP contribution in [0.2, 0.25) is 0 Å². The number of fused-ring (bicyclic) bond motifs is 1. The van der Waals surface area contributed by atoms with Crippen LogP contribution in [0.15, 0.2) is 72.8 Å². The molecule has 1 fully saturated rings. The molecule has 0 spiro atoms. The predicted octanol–water partition coefficient (Wildman–Crippen LogP) is 3.11.